The van der Waals surface area contributed by atoms with E-state index in [0.717, 1.165) is 18.3 Å². The molecule has 1 heterocycles. The van der Waals surface area contributed by atoms with Crippen LogP contribution in [0.2, 0.25) is 5.02 Å². The molecule has 2 N–H and O–H groups in total. The minimum atomic E-state index is -0.193. The molecule has 0 atom stereocenters. The molecule has 0 saturated heterocycles. The topological polar surface area (TPSA) is 54.0 Å². The van der Waals surface area contributed by atoms with Crippen LogP contribution in [0.25, 0.3) is 0 Å². The van der Waals surface area contributed by atoms with Gasteiger partial charge < -0.3 is 10.6 Å². The predicted molar refractivity (Wildman–Crippen MR) is 86.9 cm³/mol. The number of hydrogen-bond acceptors (Lipinski definition) is 3. The zero-order chi connectivity index (χ0) is 15.2. The number of nitrogens with zero attached hydrogens (tertiary/aromatic N) is 1. The van der Waals surface area contributed by atoms with Crippen molar-refractivity contribution in [1.82, 2.24) is 10.3 Å². The van der Waals surface area contributed by atoms with Crippen molar-refractivity contribution in [2.75, 3.05) is 18.9 Å². The zero-order valence-corrected chi connectivity index (χ0v) is 13.5. The van der Waals surface area contributed by atoms with Gasteiger partial charge >= 0.3 is 0 Å². The largest absolute Gasteiger partial charge is 0.373 e. The quantitative estimate of drug-likeness (QED) is 0.871. The van der Waals surface area contributed by atoms with E-state index in [0.29, 0.717) is 23.1 Å². The lowest BCUT2D eigenvalue weighted by atomic mass is 9.81. The third-order valence-corrected chi connectivity index (χ3v) is 4.60. The Morgan fingerprint density at radius 3 is 2.71 bits per heavy atom. The first kappa shape index (κ1) is 16.1. The molecule has 0 radical (unpaired) electrons. The van der Waals surface area contributed by atoms with E-state index in [1.165, 1.54) is 25.7 Å². The smallest absolute Gasteiger partial charge is 0.271 e. The Hall–Kier alpha value is -1.29. The molecule has 0 spiro atoms. The second kappa shape index (κ2) is 7.64. The lowest BCUT2D eigenvalue weighted by molar-refractivity contribution is 0.0945. The Kier molecular flexibility index (Phi) is 5.85. The average Bonchev–Trinajstić information content (AvgIpc) is 2.49. The number of pyridine rings is 1. The monoisotopic (exact) mass is 309 g/mol. The predicted octanol–water partition coefficient (Wildman–Crippen LogP) is 3.72. The van der Waals surface area contributed by atoms with Crippen LogP contribution in [0.5, 0.6) is 0 Å². The fraction of sp³-hybridized carbons (Fsp3) is 0.625. The highest BCUT2D eigenvalue weighted by Crippen LogP contribution is 2.29. The van der Waals surface area contributed by atoms with Crippen LogP contribution in [0.1, 0.15) is 49.5 Å². The van der Waals surface area contributed by atoms with Crippen molar-refractivity contribution in [2.24, 2.45) is 11.8 Å². The number of rotatable bonds is 5. The normalized spacial score (nSPS) is 21.9. The summed E-state index contributed by atoms with van der Waals surface area (Å²) < 4.78 is 0. The van der Waals surface area contributed by atoms with Crippen LogP contribution in [-0.2, 0) is 0 Å². The number of amides is 1. The van der Waals surface area contributed by atoms with Crippen LogP contribution in [0, 0.1) is 11.8 Å². The van der Waals surface area contributed by atoms with Crippen molar-refractivity contribution < 1.29 is 4.79 Å². The number of aromatic nitrogens is 1. The molecule has 1 fully saturated rings. The Morgan fingerprint density at radius 1 is 1.33 bits per heavy atom. The summed E-state index contributed by atoms with van der Waals surface area (Å²) in [6.07, 6.45) is 6.24. The van der Waals surface area contributed by atoms with Crippen molar-refractivity contribution in [3.8, 4) is 0 Å². The molecule has 0 unspecified atom stereocenters. The third kappa shape index (κ3) is 4.60. The number of carbonyl (C=O) groups excluding carboxylic acids is 1. The number of hydrogen-bond donors (Lipinski definition) is 2. The number of carbonyl (C=O) groups is 1. The van der Waals surface area contributed by atoms with Crippen molar-refractivity contribution in [2.45, 2.75) is 39.0 Å². The lowest BCUT2D eigenvalue weighted by Crippen LogP contribution is -2.28. The first-order valence-corrected chi connectivity index (χ1v) is 8.10. The molecule has 4 nitrogen and oxygen atoms in total. The molecule has 116 valence electrons. The van der Waals surface area contributed by atoms with E-state index < -0.39 is 0 Å². The first-order chi connectivity index (χ1) is 10.1. The number of nitrogens with one attached hydrogen (secondary N) is 2. The van der Waals surface area contributed by atoms with Crippen molar-refractivity contribution >= 4 is 23.3 Å². The molecule has 21 heavy (non-hydrogen) atoms. The maximum atomic E-state index is 12.1. The molecule has 1 aromatic heterocycles. The van der Waals surface area contributed by atoms with Gasteiger partial charge in [-0.15, -0.1) is 0 Å². The van der Waals surface area contributed by atoms with E-state index in [4.69, 9.17) is 11.6 Å². The molecule has 1 aliphatic rings. The van der Waals surface area contributed by atoms with Crippen LogP contribution in [0.15, 0.2) is 12.1 Å². The van der Waals surface area contributed by atoms with Crippen molar-refractivity contribution in [3.63, 3.8) is 0 Å². The summed E-state index contributed by atoms with van der Waals surface area (Å²) in [5.74, 6) is 2.06. The van der Waals surface area contributed by atoms with Crippen LogP contribution in [0.4, 0.5) is 5.82 Å². The van der Waals surface area contributed by atoms with Gasteiger partial charge in [0.1, 0.15) is 11.5 Å². The van der Waals surface area contributed by atoms with Gasteiger partial charge in [0.05, 0.1) is 5.02 Å². The fourth-order valence-electron chi connectivity index (χ4n) is 2.83. The summed E-state index contributed by atoms with van der Waals surface area (Å²) >= 11 is 6.04. The Morgan fingerprint density at radius 2 is 2.05 bits per heavy atom. The van der Waals surface area contributed by atoms with E-state index in [1.54, 1.807) is 19.2 Å². The van der Waals surface area contributed by atoms with Crippen LogP contribution in [-0.4, -0.2) is 24.5 Å². The van der Waals surface area contributed by atoms with Gasteiger partial charge in [0.2, 0.25) is 0 Å². The van der Waals surface area contributed by atoms with Gasteiger partial charge in [-0.05, 0) is 30.4 Å². The maximum absolute atomic E-state index is 12.1. The van der Waals surface area contributed by atoms with Crippen LogP contribution < -0.4 is 10.6 Å². The SMILES string of the molecule is CNc1ccc(Cl)c(C(=O)NCCC2CCC(C)CC2)n1. The summed E-state index contributed by atoms with van der Waals surface area (Å²) in [5, 5.41) is 6.23. The second-order valence-electron chi connectivity index (χ2n) is 5.95. The van der Waals surface area contributed by atoms with Gasteiger partial charge in [0.25, 0.3) is 5.91 Å². The highest BCUT2D eigenvalue weighted by Gasteiger charge is 2.18. The Labute approximate surface area is 131 Å². The van der Waals surface area contributed by atoms with Crippen LogP contribution in [0.3, 0.4) is 0 Å². The molecule has 1 aliphatic carbocycles. The summed E-state index contributed by atoms with van der Waals surface area (Å²) in [6.45, 7) is 3.01. The van der Waals surface area contributed by atoms with Gasteiger partial charge in [-0.2, -0.15) is 0 Å². The average molecular weight is 310 g/mol. The number of anilines is 1. The Bertz CT molecular complexity index is 484. The second-order valence-corrected chi connectivity index (χ2v) is 6.35. The molecule has 1 saturated carbocycles. The lowest BCUT2D eigenvalue weighted by Gasteiger charge is -2.26. The molecule has 0 aromatic carbocycles. The summed E-state index contributed by atoms with van der Waals surface area (Å²) in [6, 6.07) is 3.44. The molecule has 0 aliphatic heterocycles. The van der Waals surface area contributed by atoms with E-state index in [1.807, 2.05) is 0 Å². The highest BCUT2D eigenvalue weighted by atomic mass is 35.5. The van der Waals surface area contributed by atoms with E-state index >= 15 is 0 Å². The molecule has 2 rings (SSSR count). The van der Waals surface area contributed by atoms with Gasteiger partial charge in [-0.3, -0.25) is 4.79 Å². The molecular formula is C16H24ClN3O. The highest BCUT2D eigenvalue weighted by molar-refractivity contribution is 6.33. The third-order valence-electron chi connectivity index (χ3n) is 4.29. The molecule has 1 aromatic rings. The van der Waals surface area contributed by atoms with E-state index in [-0.39, 0.29) is 5.91 Å². The number of halogens is 1. The van der Waals surface area contributed by atoms with E-state index in [9.17, 15) is 4.79 Å². The molecule has 5 heteroatoms. The van der Waals surface area contributed by atoms with Crippen LogP contribution >= 0.6 is 11.6 Å². The van der Waals surface area contributed by atoms with E-state index in [2.05, 4.69) is 22.5 Å². The zero-order valence-electron chi connectivity index (χ0n) is 12.8. The molecular weight excluding hydrogens is 286 g/mol. The summed E-state index contributed by atoms with van der Waals surface area (Å²) in [7, 11) is 1.77. The minimum absolute atomic E-state index is 0.193. The minimum Gasteiger partial charge on any atom is -0.373 e. The van der Waals surface area contributed by atoms with Gasteiger partial charge in [-0.1, -0.05) is 44.2 Å². The molecule has 0 bridgehead atoms. The van der Waals surface area contributed by atoms with Gasteiger partial charge in [-0.25, -0.2) is 4.98 Å². The van der Waals surface area contributed by atoms with Crippen molar-refractivity contribution in [3.05, 3.63) is 22.8 Å². The standard InChI is InChI=1S/C16H24ClN3O/c1-11-3-5-12(6-4-11)9-10-19-16(21)15-13(17)7-8-14(18-2)20-15/h7-8,11-12H,3-6,9-10H2,1-2H3,(H,18,20)(H,19,21). The van der Waals surface area contributed by atoms with Gasteiger partial charge in [0.15, 0.2) is 0 Å². The molecule has 1 amide bonds. The Balaban J connectivity index is 1.82. The summed E-state index contributed by atoms with van der Waals surface area (Å²) in [4.78, 5) is 16.4. The summed E-state index contributed by atoms with van der Waals surface area (Å²) in [5.41, 5.74) is 0.292. The van der Waals surface area contributed by atoms with Crippen molar-refractivity contribution in [1.29, 1.82) is 0 Å². The fourth-order valence-corrected chi connectivity index (χ4v) is 3.02. The maximum Gasteiger partial charge on any atom is 0.271 e. The first-order valence-electron chi connectivity index (χ1n) is 7.72. The van der Waals surface area contributed by atoms with Gasteiger partial charge in [0, 0.05) is 13.6 Å².